The molecule has 0 aliphatic carbocycles. The zero-order valence-electron chi connectivity index (χ0n) is 23.3. The first-order valence-electron chi connectivity index (χ1n) is 13.7. The van der Waals surface area contributed by atoms with Gasteiger partial charge in [0.2, 0.25) is 0 Å². The van der Waals surface area contributed by atoms with Crippen LogP contribution in [0.3, 0.4) is 0 Å². The van der Waals surface area contributed by atoms with Gasteiger partial charge in [-0.3, -0.25) is 0 Å². The van der Waals surface area contributed by atoms with Gasteiger partial charge in [0, 0.05) is 4.90 Å². The Balaban J connectivity index is 1.46. The van der Waals surface area contributed by atoms with Crippen molar-refractivity contribution in [3.63, 3.8) is 0 Å². The van der Waals surface area contributed by atoms with Crippen molar-refractivity contribution in [3.8, 4) is 0 Å². The third-order valence-electron chi connectivity index (χ3n) is 6.78. The molecule has 0 bridgehead atoms. The SMILES string of the molecule is Cc1ccc(S[C@H]2O[C@H](COC(=O)c3ccccc3)[C@@H](OC(=O)c3ccccc3)[C@H](OC(=O)c3ccccc3)[C@@H]2O)cc1. The normalized spacial score (nSPS) is 21.4. The summed E-state index contributed by atoms with van der Waals surface area (Å²) in [4.78, 5) is 40.1. The quantitative estimate of drug-likeness (QED) is 0.198. The molecule has 5 rings (SSSR count). The fourth-order valence-corrected chi connectivity index (χ4v) is 5.55. The minimum atomic E-state index is -1.41. The van der Waals surface area contributed by atoms with Crippen molar-refractivity contribution >= 4 is 29.7 Å². The van der Waals surface area contributed by atoms with Gasteiger partial charge >= 0.3 is 17.9 Å². The van der Waals surface area contributed by atoms with Crippen molar-refractivity contribution in [1.29, 1.82) is 0 Å². The maximum atomic E-state index is 13.2. The first-order chi connectivity index (χ1) is 20.9. The molecule has 1 aliphatic rings. The summed E-state index contributed by atoms with van der Waals surface area (Å²) in [6.07, 6.45) is -5.15. The molecule has 1 N–H and O–H groups in total. The Bertz CT molecular complexity index is 1510. The number of carbonyl (C=O) groups is 3. The van der Waals surface area contributed by atoms with E-state index in [4.69, 9.17) is 18.9 Å². The van der Waals surface area contributed by atoms with Gasteiger partial charge in [-0.2, -0.15) is 0 Å². The lowest BCUT2D eigenvalue weighted by molar-refractivity contribution is -0.206. The molecule has 0 spiro atoms. The molecule has 4 aromatic carbocycles. The molecule has 8 nitrogen and oxygen atoms in total. The van der Waals surface area contributed by atoms with E-state index in [2.05, 4.69) is 0 Å². The van der Waals surface area contributed by atoms with E-state index in [1.165, 1.54) is 11.8 Å². The van der Waals surface area contributed by atoms with Gasteiger partial charge in [0.15, 0.2) is 12.2 Å². The van der Waals surface area contributed by atoms with E-state index in [9.17, 15) is 19.5 Å². The summed E-state index contributed by atoms with van der Waals surface area (Å²) in [5, 5.41) is 11.5. The molecule has 220 valence electrons. The van der Waals surface area contributed by atoms with Crippen LogP contribution in [-0.4, -0.2) is 59.5 Å². The monoisotopic (exact) mass is 598 g/mol. The van der Waals surface area contributed by atoms with Crippen molar-refractivity contribution in [1.82, 2.24) is 0 Å². The Kier molecular flexibility index (Phi) is 9.88. The van der Waals surface area contributed by atoms with E-state index in [-0.39, 0.29) is 17.7 Å². The molecule has 1 aliphatic heterocycles. The molecular formula is C34H30O8S. The minimum Gasteiger partial charge on any atom is -0.459 e. The van der Waals surface area contributed by atoms with Crippen LogP contribution < -0.4 is 0 Å². The molecule has 1 fully saturated rings. The van der Waals surface area contributed by atoms with Gasteiger partial charge in [0.05, 0.1) is 16.7 Å². The number of hydrogen-bond donors (Lipinski definition) is 1. The number of aliphatic hydroxyl groups is 1. The first-order valence-corrected chi connectivity index (χ1v) is 14.6. The van der Waals surface area contributed by atoms with Gasteiger partial charge in [-0.05, 0) is 55.5 Å². The van der Waals surface area contributed by atoms with Crippen molar-refractivity contribution in [2.24, 2.45) is 0 Å². The van der Waals surface area contributed by atoms with Gasteiger partial charge in [0.1, 0.15) is 24.3 Å². The highest BCUT2D eigenvalue weighted by Crippen LogP contribution is 2.36. The first kappa shape index (κ1) is 30.0. The largest absolute Gasteiger partial charge is 0.459 e. The minimum absolute atomic E-state index is 0.251. The smallest absolute Gasteiger partial charge is 0.338 e. The van der Waals surface area contributed by atoms with Crippen LogP contribution in [0.1, 0.15) is 36.6 Å². The zero-order chi connectivity index (χ0) is 30.2. The van der Waals surface area contributed by atoms with E-state index in [1.54, 1.807) is 91.0 Å². The average Bonchev–Trinajstić information content (AvgIpc) is 3.05. The van der Waals surface area contributed by atoms with Gasteiger partial charge in [0.25, 0.3) is 0 Å². The summed E-state index contributed by atoms with van der Waals surface area (Å²) >= 11 is 1.22. The fourth-order valence-electron chi connectivity index (χ4n) is 4.50. The van der Waals surface area contributed by atoms with E-state index < -0.39 is 47.8 Å². The molecule has 1 heterocycles. The summed E-state index contributed by atoms with van der Waals surface area (Å²) in [5.41, 5.74) is 0.936. The Labute approximate surface area is 253 Å². The van der Waals surface area contributed by atoms with Crippen LogP contribution in [-0.2, 0) is 18.9 Å². The molecule has 0 radical (unpaired) electrons. The van der Waals surface area contributed by atoms with Crippen molar-refractivity contribution < 1.29 is 38.4 Å². The number of aliphatic hydroxyl groups excluding tert-OH is 1. The van der Waals surface area contributed by atoms with Crippen LogP contribution in [0.5, 0.6) is 0 Å². The number of rotatable bonds is 9. The van der Waals surface area contributed by atoms with Gasteiger partial charge in [-0.1, -0.05) is 84.1 Å². The van der Waals surface area contributed by atoms with E-state index >= 15 is 0 Å². The Hall–Kier alpha value is -4.44. The predicted molar refractivity (Wildman–Crippen MR) is 160 cm³/mol. The number of aryl methyl sites for hydroxylation is 1. The Morgan fingerprint density at radius 1 is 0.674 bits per heavy atom. The molecule has 0 unspecified atom stereocenters. The molecule has 4 aromatic rings. The van der Waals surface area contributed by atoms with Crippen LogP contribution in [0.2, 0.25) is 0 Å². The second kappa shape index (κ2) is 14.2. The number of ether oxygens (including phenoxy) is 4. The number of carbonyl (C=O) groups excluding carboxylic acids is 3. The summed E-state index contributed by atoms with van der Waals surface area (Å²) in [5.74, 6) is -2.04. The van der Waals surface area contributed by atoms with Crippen LogP contribution >= 0.6 is 11.8 Å². The molecule has 5 atom stereocenters. The Morgan fingerprint density at radius 2 is 1.14 bits per heavy atom. The molecule has 43 heavy (non-hydrogen) atoms. The van der Waals surface area contributed by atoms with Gasteiger partial charge in [-0.25, -0.2) is 14.4 Å². The number of thioether (sulfide) groups is 1. The predicted octanol–water partition coefficient (Wildman–Crippen LogP) is 5.48. The molecule has 1 saturated heterocycles. The maximum Gasteiger partial charge on any atom is 0.338 e. The fraction of sp³-hybridized carbons (Fsp3) is 0.206. The molecule has 0 amide bonds. The van der Waals surface area contributed by atoms with Crippen LogP contribution in [0.4, 0.5) is 0 Å². The maximum absolute atomic E-state index is 13.2. The molecular weight excluding hydrogens is 568 g/mol. The van der Waals surface area contributed by atoms with Crippen molar-refractivity contribution in [2.75, 3.05) is 6.61 Å². The summed E-state index contributed by atoms with van der Waals surface area (Å²) in [6.45, 7) is 1.62. The van der Waals surface area contributed by atoms with Gasteiger partial charge in [-0.15, -0.1) is 0 Å². The lowest BCUT2D eigenvalue weighted by Gasteiger charge is -2.43. The van der Waals surface area contributed by atoms with Gasteiger partial charge < -0.3 is 24.1 Å². The van der Waals surface area contributed by atoms with Crippen molar-refractivity contribution in [2.45, 2.75) is 41.7 Å². The third kappa shape index (κ3) is 7.70. The summed E-state index contributed by atoms with van der Waals surface area (Å²) in [6, 6.07) is 32.6. The van der Waals surface area contributed by atoms with Crippen LogP contribution in [0.15, 0.2) is 120 Å². The standard InChI is InChI=1S/C34H30O8S/c1-22-17-19-26(20-18-22)43-34-28(35)30(42-33(38)25-15-9-4-10-16-25)29(41-32(37)24-13-7-3-8-14-24)27(40-34)21-39-31(36)23-11-5-2-6-12-23/h2-20,27-30,34-35H,21H2,1H3/t27-,28+,29-,30-,34-/m1/s1. The summed E-state index contributed by atoms with van der Waals surface area (Å²) in [7, 11) is 0. The lowest BCUT2D eigenvalue weighted by Crippen LogP contribution is -2.60. The number of benzene rings is 4. The van der Waals surface area contributed by atoms with E-state index in [0.717, 1.165) is 10.5 Å². The highest BCUT2D eigenvalue weighted by Gasteiger charge is 2.50. The Morgan fingerprint density at radius 3 is 1.65 bits per heavy atom. The number of hydrogen-bond acceptors (Lipinski definition) is 9. The number of esters is 3. The van der Waals surface area contributed by atoms with Crippen molar-refractivity contribution in [3.05, 3.63) is 138 Å². The van der Waals surface area contributed by atoms with E-state index in [0.29, 0.717) is 5.56 Å². The second-order valence-corrected chi connectivity index (χ2v) is 11.1. The van der Waals surface area contributed by atoms with Crippen LogP contribution in [0, 0.1) is 6.92 Å². The average molecular weight is 599 g/mol. The molecule has 0 saturated carbocycles. The van der Waals surface area contributed by atoms with E-state index in [1.807, 2.05) is 31.2 Å². The second-order valence-electron chi connectivity index (χ2n) is 9.90. The molecule has 9 heteroatoms. The highest BCUT2D eigenvalue weighted by atomic mass is 32.2. The highest BCUT2D eigenvalue weighted by molar-refractivity contribution is 7.99. The topological polar surface area (TPSA) is 108 Å². The molecule has 0 aromatic heterocycles. The van der Waals surface area contributed by atoms with Crippen LogP contribution in [0.25, 0.3) is 0 Å². The third-order valence-corrected chi connectivity index (χ3v) is 7.95. The zero-order valence-corrected chi connectivity index (χ0v) is 24.1. The summed E-state index contributed by atoms with van der Waals surface area (Å²) < 4.78 is 23.5. The lowest BCUT2D eigenvalue weighted by atomic mass is 9.99.